The summed E-state index contributed by atoms with van der Waals surface area (Å²) >= 11 is 1.17. The van der Waals surface area contributed by atoms with Crippen LogP contribution in [0.25, 0.3) is 11.4 Å². The second-order valence-corrected chi connectivity index (χ2v) is 6.48. The first-order valence-corrected chi connectivity index (χ1v) is 9.26. The predicted molar refractivity (Wildman–Crippen MR) is 106 cm³/mol. The number of benzene rings is 2. The van der Waals surface area contributed by atoms with Crippen molar-refractivity contribution in [1.29, 1.82) is 0 Å². The SMILES string of the molecule is COC(=O)c1ccccc1NC(=O)CSc1n[nH]c(-c2ccccc2OC)n1. The van der Waals surface area contributed by atoms with Crippen molar-refractivity contribution >= 4 is 29.3 Å². The normalized spacial score (nSPS) is 10.4. The number of amides is 1. The van der Waals surface area contributed by atoms with Crippen molar-refractivity contribution in [3.05, 3.63) is 54.1 Å². The van der Waals surface area contributed by atoms with Gasteiger partial charge in [0.1, 0.15) is 5.75 Å². The molecule has 144 valence electrons. The molecule has 3 aromatic rings. The van der Waals surface area contributed by atoms with Gasteiger partial charge in [-0.05, 0) is 24.3 Å². The van der Waals surface area contributed by atoms with E-state index in [9.17, 15) is 9.59 Å². The Morgan fingerprint density at radius 3 is 2.64 bits per heavy atom. The van der Waals surface area contributed by atoms with Crippen molar-refractivity contribution in [1.82, 2.24) is 15.2 Å². The predicted octanol–water partition coefficient (Wildman–Crippen LogP) is 3.00. The molecule has 28 heavy (non-hydrogen) atoms. The van der Waals surface area contributed by atoms with Crippen molar-refractivity contribution in [2.45, 2.75) is 5.16 Å². The molecule has 0 aliphatic carbocycles. The fourth-order valence-corrected chi connectivity index (χ4v) is 3.07. The lowest BCUT2D eigenvalue weighted by molar-refractivity contribution is -0.113. The molecule has 0 fully saturated rings. The molecule has 0 radical (unpaired) electrons. The number of rotatable bonds is 7. The first kappa shape index (κ1) is 19.4. The van der Waals surface area contributed by atoms with E-state index in [1.54, 1.807) is 31.4 Å². The quantitative estimate of drug-likeness (QED) is 0.465. The lowest BCUT2D eigenvalue weighted by Gasteiger charge is -2.08. The van der Waals surface area contributed by atoms with E-state index in [4.69, 9.17) is 9.47 Å². The summed E-state index contributed by atoms with van der Waals surface area (Å²) in [6, 6.07) is 14.1. The number of methoxy groups -OCH3 is 2. The van der Waals surface area contributed by atoms with Crippen LogP contribution in [0.5, 0.6) is 5.75 Å². The third-order valence-electron chi connectivity index (χ3n) is 3.77. The molecule has 0 aliphatic heterocycles. The standard InChI is InChI=1S/C19H18N4O4S/c1-26-15-10-6-4-8-13(15)17-21-19(23-22-17)28-11-16(24)20-14-9-5-3-7-12(14)18(25)27-2/h3-10H,11H2,1-2H3,(H,20,24)(H,21,22,23). The van der Waals surface area contributed by atoms with E-state index in [0.29, 0.717) is 28.0 Å². The average molecular weight is 398 g/mol. The Morgan fingerprint density at radius 1 is 1.11 bits per heavy atom. The summed E-state index contributed by atoms with van der Waals surface area (Å²) in [5, 5.41) is 10.1. The lowest BCUT2D eigenvalue weighted by Crippen LogP contribution is -2.17. The van der Waals surface area contributed by atoms with Crippen molar-refractivity contribution in [3.8, 4) is 17.1 Å². The van der Waals surface area contributed by atoms with E-state index in [1.165, 1.54) is 18.9 Å². The Kier molecular flexibility index (Phi) is 6.28. The second-order valence-electron chi connectivity index (χ2n) is 5.54. The van der Waals surface area contributed by atoms with Crippen molar-refractivity contribution in [2.24, 2.45) is 0 Å². The van der Waals surface area contributed by atoms with Gasteiger partial charge in [-0.3, -0.25) is 9.89 Å². The smallest absolute Gasteiger partial charge is 0.339 e. The molecule has 3 rings (SSSR count). The average Bonchev–Trinajstić information content (AvgIpc) is 3.21. The highest BCUT2D eigenvalue weighted by Crippen LogP contribution is 2.28. The summed E-state index contributed by atoms with van der Waals surface area (Å²) in [6.45, 7) is 0. The molecule has 0 saturated carbocycles. The molecule has 0 bridgehead atoms. The summed E-state index contributed by atoms with van der Waals surface area (Å²) in [7, 11) is 2.88. The summed E-state index contributed by atoms with van der Waals surface area (Å²) in [5.41, 5.74) is 1.46. The number of nitrogens with zero attached hydrogens (tertiary/aromatic N) is 2. The van der Waals surface area contributed by atoms with E-state index >= 15 is 0 Å². The van der Waals surface area contributed by atoms with Gasteiger partial charge in [0, 0.05) is 0 Å². The molecule has 0 atom stereocenters. The van der Waals surface area contributed by atoms with Crippen LogP contribution in [0.3, 0.4) is 0 Å². The fourth-order valence-electron chi connectivity index (χ4n) is 2.47. The van der Waals surface area contributed by atoms with Crippen LogP contribution in [-0.2, 0) is 9.53 Å². The minimum absolute atomic E-state index is 0.0821. The van der Waals surface area contributed by atoms with E-state index in [-0.39, 0.29) is 11.7 Å². The molecule has 0 aliphatic rings. The van der Waals surface area contributed by atoms with Gasteiger partial charge in [0.15, 0.2) is 5.82 Å². The minimum Gasteiger partial charge on any atom is -0.496 e. The van der Waals surface area contributed by atoms with Crippen molar-refractivity contribution < 1.29 is 19.1 Å². The molecular formula is C19H18N4O4S. The summed E-state index contributed by atoms with van der Waals surface area (Å²) in [6.07, 6.45) is 0. The molecule has 1 amide bonds. The zero-order valence-corrected chi connectivity index (χ0v) is 16.1. The third-order valence-corrected chi connectivity index (χ3v) is 4.61. The number of anilines is 1. The topological polar surface area (TPSA) is 106 Å². The van der Waals surface area contributed by atoms with Gasteiger partial charge in [0.25, 0.3) is 0 Å². The Bertz CT molecular complexity index is 989. The zero-order chi connectivity index (χ0) is 19.9. The lowest BCUT2D eigenvalue weighted by atomic mass is 10.2. The number of esters is 1. The van der Waals surface area contributed by atoms with E-state index in [1.807, 2.05) is 24.3 Å². The molecule has 1 heterocycles. The van der Waals surface area contributed by atoms with Gasteiger partial charge in [0.2, 0.25) is 11.1 Å². The number of para-hydroxylation sites is 2. The fraction of sp³-hybridized carbons (Fsp3) is 0.158. The maximum atomic E-state index is 12.3. The van der Waals surface area contributed by atoms with Crippen LogP contribution >= 0.6 is 11.8 Å². The monoisotopic (exact) mass is 398 g/mol. The van der Waals surface area contributed by atoms with Gasteiger partial charge in [0.05, 0.1) is 36.8 Å². The number of thioether (sulfide) groups is 1. The van der Waals surface area contributed by atoms with Crippen LogP contribution in [0.4, 0.5) is 5.69 Å². The van der Waals surface area contributed by atoms with E-state index < -0.39 is 5.97 Å². The number of aromatic nitrogens is 3. The maximum absolute atomic E-state index is 12.3. The van der Waals surface area contributed by atoms with E-state index in [2.05, 4.69) is 20.5 Å². The van der Waals surface area contributed by atoms with Gasteiger partial charge in [-0.1, -0.05) is 36.0 Å². The number of H-pyrrole nitrogens is 1. The zero-order valence-electron chi connectivity index (χ0n) is 15.3. The van der Waals surface area contributed by atoms with Gasteiger partial charge in [-0.15, -0.1) is 5.10 Å². The molecule has 9 heteroatoms. The van der Waals surface area contributed by atoms with Crippen LogP contribution in [0.1, 0.15) is 10.4 Å². The van der Waals surface area contributed by atoms with Crippen LogP contribution < -0.4 is 10.1 Å². The van der Waals surface area contributed by atoms with Gasteiger partial charge < -0.3 is 14.8 Å². The summed E-state index contributed by atoms with van der Waals surface area (Å²) in [5.74, 6) is 0.506. The van der Waals surface area contributed by atoms with Crippen LogP contribution in [-0.4, -0.2) is 47.0 Å². The Morgan fingerprint density at radius 2 is 1.86 bits per heavy atom. The highest BCUT2D eigenvalue weighted by molar-refractivity contribution is 7.99. The molecule has 2 N–H and O–H groups in total. The first-order chi connectivity index (χ1) is 13.6. The molecule has 0 saturated heterocycles. The van der Waals surface area contributed by atoms with Gasteiger partial charge in [-0.25, -0.2) is 9.78 Å². The number of carbonyl (C=O) groups is 2. The van der Waals surface area contributed by atoms with Crippen molar-refractivity contribution in [3.63, 3.8) is 0 Å². The second kappa shape index (κ2) is 9.05. The van der Waals surface area contributed by atoms with Crippen LogP contribution in [0.2, 0.25) is 0 Å². The first-order valence-electron chi connectivity index (χ1n) is 8.28. The summed E-state index contributed by atoms with van der Waals surface area (Å²) in [4.78, 5) is 28.4. The largest absolute Gasteiger partial charge is 0.496 e. The maximum Gasteiger partial charge on any atom is 0.339 e. The van der Waals surface area contributed by atoms with E-state index in [0.717, 1.165) is 5.56 Å². The number of nitrogens with one attached hydrogen (secondary N) is 2. The molecule has 0 spiro atoms. The van der Waals surface area contributed by atoms with Crippen molar-refractivity contribution in [2.75, 3.05) is 25.3 Å². The molecule has 0 unspecified atom stereocenters. The number of hydrogen-bond donors (Lipinski definition) is 2. The summed E-state index contributed by atoms with van der Waals surface area (Å²) < 4.78 is 10.0. The number of hydrogen-bond acceptors (Lipinski definition) is 7. The molecule has 8 nitrogen and oxygen atoms in total. The Balaban J connectivity index is 1.63. The highest BCUT2D eigenvalue weighted by atomic mass is 32.2. The third kappa shape index (κ3) is 4.49. The van der Waals surface area contributed by atoms with Gasteiger partial charge >= 0.3 is 5.97 Å². The minimum atomic E-state index is -0.515. The Hall–Kier alpha value is -3.33. The Labute approximate surface area is 165 Å². The van der Waals surface area contributed by atoms with Crippen LogP contribution in [0, 0.1) is 0 Å². The molecule has 1 aromatic heterocycles. The molecule has 2 aromatic carbocycles. The highest BCUT2D eigenvalue weighted by Gasteiger charge is 2.15. The van der Waals surface area contributed by atoms with Crippen LogP contribution in [0.15, 0.2) is 53.7 Å². The molecular weight excluding hydrogens is 380 g/mol. The number of ether oxygens (including phenoxy) is 2. The number of carbonyl (C=O) groups excluding carboxylic acids is 2. The van der Waals surface area contributed by atoms with Gasteiger partial charge in [-0.2, -0.15) is 0 Å². The number of aromatic amines is 1.